The van der Waals surface area contributed by atoms with E-state index in [0.717, 1.165) is 39.7 Å². The molecule has 10 nitrogen and oxygen atoms in total. The second-order valence-corrected chi connectivity index (χ2v) is 13.2. The number of alkyl halides is 3. The highest BCUT2D eigenvalue weighted by atomic mass is 32.2. The van der Waals surface area contributed by atoms with Gasteiger partial charge < -0.3 is 15.0 Å². The predicted molar refractivity (Wildman–Crippen MR) is 157 cm³/mol. The van der Waals surface area contributed by atoms with E-state index in [1.54, 1.807) is 29.6 Å². The maximum atomic E-state index is 13.8. The number of amides is 1. The summed E-state index contributed by atoms with van der Waals surface area (Å²) >= 11 is 0. The van der Waals surface area contributed by atoms with Crippen molar-refractivity contribution in [1.29, 1.82) is 0 Å². The summed E-state index contributed by atoms with van der Waals surface area (Å²) in [6, 6.07) is 12.2. The summed E-state index contributed by atoms with van der Waals surface area (Å²) in [4.78, 5) is 28.2. The molecule has 0 saturated carbocycles. The fourth-order valence-corrected chi connectivity index (χ4v) is 6.43. The first-order valence-corrected chi connectivity index (χ1v) is 15.2. The number of sulfonamides is 1. The Kier molecular flexibility index (Phi) is 8.49. The van der Waals surface area contributed by atoms with Crippen molar-refractivity contribution in [2.45, 2.75) is 50.0 Å². The van der Waals surface area contributed by atoms with Crippen LogP contribution < -0.4 is 15.0 Å². The van der Waals surface area contributed by atoms with Crippen LogP contribution in [0.3, 0.4) is 0 Å². The molecule has 1 atom stereocenters. The second-order valence-electron chi connectivity index (χ2n) is 11.4. The summed E-state index contributed by atoms with van der Waals surface area (Å²) in [7, 11) is -4.30. The Morgan fingerprint density at radius 2 is 1.68 bits per heavy atom. The number of nitrogens with zero attached hydrogens (tertiary/aromatic N) is 5. The topological polar surface area (TPSA) is 118 Å². The van der Waals surface area contributed by atoms with Crippen molar-refractivity contribution in [3.63, 3.8) is 0 Å². The van der Waals surface area contributed by atoms with Gasteiger partial charge in [-0.2, -0.15) is 4.31 Å². The Morgan fingerprint density at radius 1 is 0.977 bits per heavy atom. The quantitative estimate of drug-likeness (QED) is 0.320. The fourth-order valence-electron chi connectivity index (χ4n) is 4.86. The Labute approximate surface area is 252 Å². The summed E-state index contributed by atoms with van der Waals surface area (Å²) in [6.45, 7) is 6.54. The Balaban J connectivity index is 1.40. The van der Waals surface area contributed by atoms with Crippen molar-refractivity contribution in [3.8, 4) is 5.75 Å². The molecule has 0 bridgehead atoms. The molecule has 14 heteroatoms. The highest BCUT2D eigenvalue weighted by Crippen LogP contribution is 2.28. The highest BCUT2D eigenvalue weighted by molar-refractivity contribution is 7.89. The van der Waals surface area contributed by atoms with Crippen LogP contribution in [0, 0.1) is 0 Å². The van der Waals surface area contributed by atoms with Gasteiger partial charge in [0.25, 0.3) is 0 Å². The molecule has 0 spiro atoms. The number of benzene rings is 2. The standard InChI is InChI=1S/C30H31F3N6O4S/c1-29(2,3)21-6-4-20(5-7-21)16-36-28(40)26-19-38(27-18-35-25-17-34-13-12-24(25)37-27)14-15-39(26)44(41,42)23-10-8-22(9-11-23)43-30(31,32)33/h4-13,17-18,26H,14-16,19H2,1-3H3,(H,36,40)/t26-/m1/s1. The Bertz CT molecular complexity index is 1740. The molecule has 5 rings (SSSR count). The van der Waals surface area contributed by atoms with Crippen LogP contribution in [0.5, 0.6) is 5.75 Å². The van der Waals surface area contributed by atoms with E-state index >= 15 is 0 Å². The van der Waals surface area contributed by atoms with Gasteiger partial charge in [-0.15, -0.1) is 13.2 Å². The summed E-state index contributed by atoms with van der Waals surface area (Å²) < 4.78 is 70.3. The zero-order chi connectivity index (χ0) is 31.7. The second kappa shape index (κ2) is 12.0. The minimum Gasteiger partial charge on any atom is -0.406 e. The lowest BCUT2D eigenvalue weighted by molar-refractivity contribution is -0.274. The number of hydrogen-bond acceptors (Lipinski definition) is 8. The van der Waals surface area contributed by atoms with Crippen LogP contribution in [0.4, 0.5) is 19.0 Å². The van der Waals surface area contributed by atoms with Crippen LogP contribution in [0.2, 0.25) is 0 Å². The molecule has 1 fully saturated rings. The highest BCUT2D eigenvalue weighted by Gasteiger charge is 2.41. The molecule has 1 aliphatic heterocycles. The van der Waals surface area contributed by atoms with Crippen molar-refractivity contribution < 1.29 is 31.1 Å². The summed E-state index contributed by atoms with van der Waals surface area (Å²) in [5.74, 6) is -0.628. The number of carbonyl (C=O) groups is 1. The molecule has 1 N–H and O–H groups in total. The van der Waals surface area contributed by atoms with Crippen LogP contribution >= 0.6 is 0 Å². The summed E-state index contributed by atoms with van der Waals surface area (Å²) in [6.07, 6.45) is -0.221. The molecule has 44 heavy (non-hydrogen) atoms. The number of halogens is 3. The van der Waals surface area contributed by atoms with Crippen molar-refractivity contribution >= 4 is 32.8 Å². The number of pyridine rings is 1. The SMILES string of the molecule is CC(C)(C)c1ccc(CNC(=O)[C@H]2CN(c3cnc4cnccc4n3)CCN2S(=O)(=O)c2ccc(OC(F)(F)F)cc2)cc1. The van der Waals surface area contributed by atoms with Gasteiger partial charge in [0.05, 0.1) is 22.8 Å². The van der Waals surface area contributed by atoms with Crippen molar-refractivity contribution in [2.24, 2.45) is 0 Å². The van der Waals surface area contributed by atoms with Crippen LogP contribution in [0.15, 0.2) is 78.1 Å². The lowest BCUT2D eigenvalue weighted by Crippen LogP contribution is -2.60. The molecule has 3 heterocycles. The van der Waals surface area contributed by atoms with Gasteiger partial charge >= 0.3 is 6.36 Å². The molecule has 0 aliphatic carbocycles. The maximum Gasteiger partial charge on any atom is 0.573 e. The zero-order valence-corrected chi connectivity index (χ0v) is 25.1. The van der Waals surface area contributed by atoms with E-state index in [1.165, 1.54) is 0 Å². The average molecular weight is 629 g/mol. The average Bonchev–Trinajstić information content (AvgIpc) is 2.98. The van der Waals surface area contributed by atoms with E-state index in [0.29, 0.717) is 16.9 Å². The third-order valence-electron chi connectivity index (χ3n) is 7.24. The molecule has 0 unspecified atom stereocenters. The number of ether oxygens (including phenoxy) is 1. The first-order chi connectivity index (χ1) is 20.7. The van der Waals surface area contributed by atoms with E-state index in [1.807, 2.05) is 24.3 Å². The van der Waals surface area contributed by atoms with E-state index in [4.69, 9.17) is 0 Å². The fraction of sp³-hybridized carbons (Fsp3) is 0.333. The van der Waals surface area contributed by atoms with Gasteiger partial charge in [0.15, 0.2) is 0 Å². The molecule has 1 amide bonds. The number of anilines is 1. The minimum atomic E-state index is -4.92. The third-order valence-corrected chi connectivity index (χ3v) is 9.16. The third kappa shape index (κ3) is 7.08. The number of carbonyl (C=O) groups excluding carboxylic acids is 1. The van der Waals surface area contributed by atoms with E-state index in [2.05, 4.69) is 45.8 Å². The number of fused-ring (bicyclic) bond motifs is 1. The van der Waals surface area contributed by atoms with Crippen LogP contribution in [-0.2, 0) is 26.8 Å². The monoisotopic (exact) mass is 628 g/mol. The summed E-state index contributed by atoms with van der Waals surface area (Å²) in [5, 5.41) is 2.86. The first-order valence-electron chi connectivity index (χ1n) is 13.8. The van der Waals surface area contributed by atoms with Gasteiger partial charge in [0.1, 0.15) is 23.1 Å². The number of piperazine rings is 1. The van der Waals surface area contributed by atoms with Crippen molar-refractivity contribution in [2.75, 3.05) is 24.5 Å². The van der Waals surface area contributed by atoms with E-state index in [-0.39, 0.29) is 36.5 Å². The molecule has 2 aromatic heterocycles. The Morgan fingerprint density at radius 3 is 2.34 bits per heavy atom. The van der Waals surface area contributed by atoms with Gasteiger partial charge in [-0.05, 0) is 46.9 Å². The number of nitrogens with one attached hydrogen (secondary N) is 1. The van der Waals surface area contributed by atoms with Crippen LogP contribution in [0.25, 0.3) is 11.0 Å². The molecule has 1 aliphatic rings. The summed E-state index contributed by atoms with van der Waals surface area (Å²) in [5.41, 5.74) is 3.10. The molecule has 1 saturated heterocycles. The first kappa shape index (κ1) is 31.1. The normalized spacial score (nSPS) is 16.6. The lowest BCUT2D eigenvalue weighted by Gasteiger charge is -2.40. The largest absolute Gasteiger partial charge is 0.573 e. The van der Waals surface area contributed by atoms with Gasteiger partial charge in [-0.25, -0.2) is 18.4 Å². The van der Waals surface area contributed by atoms with Gasteiger partial charge in [-0.1, -0.05) is 45.0 Å². The number of rotatable bonds is 7. The van der Waals surface area contributed by atoms with Crippen LogP contribution in [-0.4, -0.2) is 65.6 Å². The molecule has 0 radical (unpaired) electrons. The molecular weight excluding hydrogens is 597 g/mol. The van der Waals surface area contributed by atoms with Crippen LogP contribution in [0.1, 0.15) is 31.9 Å². The number of hydrogen-bond donors (Lipinski definition) is 1. The van der Waals surface area contributed by atoms with E-state index < -0.39 is 34.1 Å². The maximum absolute atomic E-state index is 13.8. The zero-order valence-electron chi connectivity index (χ0n) is 24.2. The van der Waals surface area contributed by atoms with E-state index in [9.17, 15) is 26.4 Å². The molecule has 232 valence electrons. The number of aromatic nitrogens is 3. The smallest absolute Gasteiger partial charge is 0.406 e. The minimum absolute atomic E-state index is 0.0332. The molecular formula is C30H31F3N6O4S. The molecule has 2 aromatic carbocycles. The van der Waals surface area contributed by atoms with Gasteiger partial charge in [-0.3, -0.25) is 9.78 Å². The molecule has 4 aromatic rings. The predicted octanol–water partition coefficient (Wildman–Crippen LogP) is 4.42. The van der Waals surface area contributed by atoms with Gasteiger partial charge in [0.2, 0.25) is 15.9 Å². The lowest BCUT2D eigenvalue weighted by atomic mass is 9.87. The van der Waals surface area contributed by atoms with Gasteiger partial charge in [0, 0.05) is 32.4 Å². The van der Waals surface area contributed by atoms with Crippen molar-refractivity contribution in [1.82, 2.24) is 24.6 Å². The Hall–Kier alpha value is -4.30. The van der Waals surface area contributed by atoms with Crippen molar-refractivity contribution in [3.05, 3.63) is 84.3 Å².